The van der Waals surface area contributed by atoms with E-state index in [-0.39, 0.29) is 4.90 Å². The number of sulfonamides is 1. The maximum atomic E-state index is 12.6. The molecule has 0 radical (unpaired) electrons. The van der Waals surface area contributed by atoms with E-state index in [2.05, 4.69) is 22.9 Å². The maximum absolute atomic E-state index is 12.6. The van der Waals surface area contributed by atoms with Crippen molar-refractivity contribution in [3.63, 3.8) is 0 Å². The van der Waals surface area contributed by atoms with Gasteiger partial charge >= 0.3 is 0 Å². The van der Waals surface area contributed by atoms with Gasteiger partial charge in [0.2, 0.25) is 10.0 Å². The van der Waals surface area contributed by atoms with E-state index in [4.69, 9.17) is 5.73 Å². The Kier molecular flexibility index (Phi) is 3.95. The molecule has 1 aliphatic rings. The summed E-state index contributed by atoms with van der Waals surface area (Å²) in [6, 6.07) is 3.34. The molecule has 1 aliphatic carbocycles. The largest absolute Gasteiger partial charge is 0.398 e. The zero-order valence-electron chi connectivity index (χ0n) is 11.4. The van der Waals surface area contributed by atoms with Crippen LogP contribution in [0.5, 0.6) is 0 Å². The molecule has 1 aromatic rings. The molecule has 2 atom stereocenters. The van der Waals surface area contributed by atoms with Gasteiger partial charge < -0.3 is 5.73 Å². The van der Waals surface area contributed by atoms with Gasteiger partial charge in [0, 0.05) is 23.8 Å². The van der Waals surface area contributed by atoms with Gasteiger partial charge in [0.05, 0.1) is 4.90 Å². The topological polar surface area (TPSA) is 63.4 Å². The molecule has 0 aromatic heterocycles. The average molecular weight is 347 g/mol. The fourth-order valence-electron chi connectivity index (χ4n) is 2.19. The van der Waals surface area contributed by atoms with Crippen molar-refractivity contribution >= 4 is 31.6 Å². The number of nitrogens with zero attached hydrogens (tertiary/aromatic N) is 1. The van der Waals surface area contributed by atoms with Gasteiger partial charge in [-0.15, -0.1) is 0 Å². The van der Waals surface area contributed by atoms with Crippen LogP contribution in [0, 0.1) is 18.8 Å². The predicted molar refractivity (Wildman–Crippen MR) is 80.4 cm³/mol. The highest BCUT2D eigenvalue weighted by molar-refractivity contribution is 9.10. The number of halogens is 1. The molecule has 2 rings (SSSR count). The standard InChI is InChI=1S/C13H19BrN2O2S/c1-8-4-10(8)7-16(3)19(17,18)13-6-11(14)5-12(15)9(13)2/h5-6,8,10H,4,7,15H2,1-3H3. The Morgan fingerprint density at radius 1 is 1.47 bits per heavy atom. The van der Waals surface area contributed by atoms with Crippen molar-refractivity contribution in [2.45, 2.75) is 25.2 Å². The van der Waals surface area contributed by atoms with Crippen molar-refractivity contribution < 1.29 is 8.42 Å². The monoisotopic (exact) mass is 346 g/mol. The van der Waals surface area contributed by atoms with Crippen LogP contribution in [0.15, 0.2) is 21.5 Å². The molecule has 1 fully saturated rings. The van der Waals surface area contributed by atoms with Crippen LogP contribution in [0.4, 0.5) is 5.69 Å². The molecule has 1 aromatic carbocycles. The first-order valence-electron chi connectivity index (χ1n) is 6.25. The second kappa shape index (κ2) is 5.07. The summed E-state index contributed by atoms with van der Waals surface area (Å²) in [6.45, 7) is 4.46. The Bertz CT molecular complexity index is 601. The van der Waals surface area contributed by atoms with Crippen molar-refractivity contribution in [1.82, 2.24) is 4.31 Å². The molecular weight excluding hydrogens is 328 g/mol. The molecule has 6 heteroatoms. The van der Waals surface area contributed by atoms with Gasteiger partial charge in [0.25, 0.3) is 0 Å². The van der Waals surface area contributed by atoms with E-state index in [1.165, 1.54) is 4.31 Å². The number of anilines is 1. The van der Waals surface area contributed by atoms with Gasteiger partial charge in [0.15, 0.2) is 0 Å². The Morgan fingerprint density at radius 2 is 2.05 bits per heavy atom. The minimum absolute atomic E-state index is 0.287. The van der Waals surface area contributed by atoms with Crippen LogP contribution >= 0.6 is 15.9 Å². The van der Waals surface area contributed by atoms with Crippen molar-refractivity contribution in [3.8, 4) is 0 Å². The lowest BCUT2D eigenvalue weighted by Gasteiger charge is -2.19. The number of rotatable bonds is 4. The Balaban J connectivity index is 2.33. The molecule has 0 spiro atoms. The molecule has 19 heavy (non-hydrogen) atoms. The minimum Gasteiger partial charge on any atom is -0.398 e. The minimum atomic E-state index is -3.47. The lowest BCUT2D eigenvalue weighted by molar-refractivity contribution is 0.444. The van der Waals surface area contributed by atoms with E-state index in [0.717, 1.165) is 6.42 Å². The number of nitrogens with two attached hydrogens (primary N) is 1. The van der Waals surface area contributed by atoms with Crippen LogP contribution in [-0.4, -0.2) is 26.3 Å². The first-order chi connectivity index (χ1) is 8.73. The second-order valence-electron chi connectivity index (χ2n) is 5.38. The molecule has 0 heterocycles. The van der Waals surface area contributed by atoms with E-state index >= 15 is 0 Å². The van der Waals surface area contributed by atoms with Gasteiger partial charge in [-0.1, -0.05) is 22.9 Å². The van der Waals surface area contributed by atoms with Crippen LogP contribution in [0.3, 0.4) is 0 Å². The second-order valence-corrected chi connectivity index (χ2v) is 8.31. The normalized spacial score (nSPS) is 22.8. The molecule has 0 bridgehead atoms. The maximum Gasteiger partial charge on any atom is 0.243 e. The van der Waals surface area contributed by atoms with Gasteiger partial charge in [-0.25, -0.2) is 12.7 Å². The highest BCUT2D eigenvalue weighted by Gasteiger charge is 2.36. The predicted octanol–water partition coefficient (Wildman–Crippen LogP) is 2.62. The van der Waals surface area contributed by atoms with Crippen LogP contribution in [-0.2, 0) is 10.0 Å². The fourth-order valence-corrected chi connectivity index (χ4v) is 4.32. The summed E-state index contributed by atoms with van der Waals surface area (Å²) in [4.78, 5) is 0.287. The lowest BCUT2D eigenvalue weighted by Crippen LogP contribution is -2.30. The van der Waals surface area contributed by atoms with E-state index < -0.39 is 10.0 Å². The summed E-state index contributed by atoms with van der Waals surface area (Å²) in [5, 5.41) is 0. The fraction of sp³-hybridized carbons (Fsp3) is 0.538. The van der Waals surface area contributed by atoms with Crippen LogP contribution in [0.25, 0.3) is 0 Å². The highest BCUT2D eigenvalue weighted by Crippen LogP contribution is 2.39. The Hall–Kier alpha value is -0.590. The van der Waals surface area contributed by atoms with E-state index in [1.807, 2.05) is 0 Å². The highest BCUT2D eigenvalue weighted by atomic mass is 79.9. The van der Waals surface area contributed by atoms with Crippen LogP contribution < -0.4 is 5.73 Å². The smallest absolute Gasteiger partial charge is 0.243 e. The zero-order chi connectivity index (χ0) is 14.4. The van der Waals surface area contributed by atoms with Crippen molar-refractivity contribution in [3.05, 3.63) is 22.2 Å². The first kappa shape index (κ1) is 14.8. The molecule has 0 saturated heterocycles. The van der Waals surface area contributed by atoms with Gasteiger partial charge in [-0.3, -0.25) is 0 Å². The third kappa shape index (κ3) is 2.95. The quantitative estimate of drug-likeness (QED) is 0.852. The summed E-state index contributed by atoms with van der Waals surface area (Å²) in [6.07, 6.45) is 1.11. The van der Waals surface area contributed by atoms with Crippen molar-refractivity contribution in [2.75, 3.05) is 19.3 Å². The Labute approximate surface area is 123 Å². The molecule has 106 valence electrons. The third-order valence-electron chi connectivity index (χ3n) is 3.82. The zero-order valence-corrected chi connectivity index (χ0v) is 13.8. The van der Waals surface area contributed by atoms with E-state index in [0.29, 0.717) is 34.1 Å². The van der Waals surface area contributed by atoms with Gasteiger partial charge in [0.1, 0.15) is 0 Å². The number of benzene rings is 1. The first-order valence-corrected chi connectivity index (χ1v) is 8.48. The Morgan fingerprint density at radius 3 is 2.58 bits per heavy atom. The summed E-state index contributed by atoms with van der Waals surface area (Å²) >= 11 is 3.30. The number of hydrogen-bond acceptors (Lipinski definition) is 3. The van der Waals surface area contributed by atoms with Crippen molar-refractivity contribution in [1.29, 1.82) is 0 Å². The molecule has 0 amide bonds. The molecule has 2 unspecified atom stereocenters. The molecular formula is C13H19BrN2O2S. The number of nitrogen functional groups attached to an aromatic ring is 1. The number of hydrogen-bond donors (Lipinski definition) is 1. The van der Waals surface area contributed by atoms with Crippen molar-refractivity contribution in [2.24, 2.45) is 11.8 Å². The van der Waals surface area contributed by atoms with Gasteiger partial charge in [-0.2, -0.15) is 0 Å². The van der Waals surface area contributed by atoms with Gasteiger partial charge in [-0.05, 0) is 42.9 Å². The van der Waals surface area contributed by atoms with Crippen LogP contribution in [0.2, 0.25) is 0 Å². The third-order valence-corrected chi connectivity index (χ3v) is 6.23. The lowest BCUT2D eigenvalue weighted by atomic mass is 10.2. The summed E-state index contributed by atoms with van der Waals surface area (Å²) in [5.41, 5.74) is 6.94. The molecule has 2 N–H and O–H groups in total. The summed E-state index contributed by atoms with van der Waals surface area (Å²) < 4.78 is 27.3. The van der Waals surface area contributed by atoms with Crippen LogP contribution in [0.1, 0.15) is 18.9 Å². The average Bonchev–Trinajstić information content (AvgIpc) is 2.99. The molecule has 0 aliphatic heterocycles. The van der Waals surface area contributed by atoms with E-state index in [9.17, 15) is 8.42 Å². The van der Waals surface area contributed by atoms with E-state index in [1.54, 1.807) is 26.1 Å². The molecule has 1 saturated carbocycles. The summed E-state index contributed by atoms with van der Waals surface area (Å²) in [5.74, 6) is 1.12. The SMILES string of the molecule is Cc1c(N)cc(Br)cc1S(=O)(=O)N(C)CC1CC1C. The summed E-state index contributed by atoms with van der Waals surface area (Å²) in [7, 11) is -1.83. The molecule has 4 nitrogen and oxygen atoms in total.